The smallest absolute Gasteiger partial charge is 0.410 e. The average molecular weight is 281 g/mol. The fraction of sp³-hybridized carbons (Fsp3) is 0.786. The van der Waals surface area contributed by atoms with Crippen LogP contribution in [0.15, 0.2) is 4.52 Å². The van der Waals surface area contributed by atoms with E-state index < -0.39 is 5.60 Å². The summed E-state index contributed by atoms with van der Waals surface area (Å²) in [5.41, 5.74) is -0.448. The van der Waals surface area contributed by atoms with Crippen molar-refractivity contribution in [1.82, 2.24) is 15.0 Å². The fourth-order valence-electron chi connectivity index (χ4n) is 2.21. The predicted octanol–water partition coefficient (Wildman–Crippen LogP) is 2.75. The van der Waals surface area contributed by atoms with E-state index in [9.17, 15) is 4.79 Å². The van der Waals surface area contributed by atoms with Crippen LogP contribution in [0.4, 0.5) is 4.79 Å². The number of hydrogen-bond acceptors (Lipinski definition) is 5. The molecule has 1 amide bonds. The largest absolute Gasteiger partial charge is 0.444 e. The molecule has 1 aliphatic heterocycles. The molecule has 1 aliphatic rings. The zero-order chi connectivity index (χ0) is 14.8. The highest BCUT2D eigenvalue weighted by Crippen LogP contribution is 2.27. The molecule has 0 unspecified atom stereocenters. The number of aryl methyl sites for hydroxylation is 1. The van der Waals surface area contributed by atoms with Crippen LogP contribution in [-0.2, 0) is 11.2 Å². The summed E-state index contributed by atoms with van der Waals surface area (Å²) in [4.78, 5) is 18.1. The van der Waals surface area contributed by atoms with Crippen LogP contribution in [0.1, 0.15) is 58.2 Å². The van der Waals surface area contributed by atoms with Crippen molar-refractivity contribution in [3.63, 3.8) is 0 Å². The molecule has 0 radical (unpaired) electrons. The van der Waals surface area contributed by atoms with Gasteiger partial charge in [-0.25, -0.2) is 4.79 Å². The van der Waals surface area contributed by atoms with Gasteiger partial charge in [0.2, 0.25) is 5.89 Å². The van der Waals surface area contributed by atoms with E-state index in [0.29, 0.717) is 19.0 Å². The van der Waals surface area contributed by atoms with E-state index in [4.69, 9.17) is 9.26 Å². The molecule has 2 rings (SSSR count). The van der Waals surface area contributed by atoms with Crippen LogP contribution in [0.25, 0.3) is 0 Å². The first kappa shape index (κ1) is 14.8. The lowest BCUT2D eigenvalue weighted by molar-refractivity contribution is 0.0198. The summed E-state index contributed by atoms with van der Waals surface area (Å²) >= 11 is 0. The number of aromatic nitrogens is 2. The molecule has 112 valence electrons. The summed E-state index contributed by atoms with van der Waals surface area (Å²) in [6, 6.07) is 0. The molecular formula is C14H23N3O3. The average Bonchev–Trinajstić information content (AvgIpc) is 2.85. The summed E-state index contributed by atoms with van der Waals surface area (Å²) in [7, 11) is 0. The van der Waals surface area contributed by atoms with Crippen molar-refractivity contribution < 1.29 is 14.1 Å². The molecule has 1 aromatic rings. The lowest BCUT2D eigenvalue weighted by atomic mass is 9.97. The highest BCUT2D eigenvalue weighted by molar-refractivity contribution is 5.68. The van der Waals surface area contributed by atoms with Crippen LogP contribution in [0.2, 0.25) is 0 Å². The Morgan fingerprint density at radius 3 is 2.55 bits per heavy atom. The van der Waals surface area contributed by atoms with Gasteiger partial charge in [-0.2, -0.15) is 4.98 Å². The van der Waals surface area contributed by atoms with E-state index in [1.54, 1.807) is 4.90 Å². The summed E-state index contributed by atoms with van der Waals surface area (Å²) in [5.74, 6) is 1.70. The Kier molecular flexibility index (Phi) is 4.30. The van der Waals surface area contributed by atoms with Gasteiger partial charge in [-0.1, -0.05) is 12.1 Å². The van der Waals surface area contributed by atoms with Crippen molar-refractivity contribution >= 4 is 6.09 Å². The molecule has 1 fully saturated rings. The number of likely N-dealkylation sites (tertiary alicyclic amines) is 1. The molecule has 0 aliphatic carbocycles. The van der Waals surface area contributed by atoms with E-state index in [1.807, 2.05) is 27.7 Å². The molecule has 0 N–H and O–H groups in total. The van der Waals surface area contributed by atoms with Gasteiger partial charge in [0.05, 0.1) is 0 Å². The number of ether oxygens (including phenoxy) is 1. The molecule has 6 nitrogen and oxygen atoms in total. The van der Waals surface area contributed by atoms with Crippen molar-refractivity contribution in [3.8, 4) is 0 Å². The van der Waals surface area contributed by atoms with Gasteiger partial charge in [0.15, 0.2) is 5.82 Å². The molecule has 2 heterocycles. The summed E-state index contributed by atoms with van der Waals surface area (Å²) in [6.45, 7) is 8.97. The molecule has 6 heteroatoms. The molecule has 1 saturated heterocycles. The third-order valence-corrected chi connectivity index (χ3v) is 3.30. The number of carbonyl (C=O) groups is 1. The van der Waals surface area contributed by atoms with Crippen LogP contribution < -0.4 is 0 Å². The Morgan fingerprint density at radius 2 is 2.05 bits per heavy atom. The zero-order valence-electron chi connectivity index (χ0n) is 12.7. The minimum absolute atomic E-state index is 0.240. The minimum Gasteiger partial charge on any atom is -0.444 e. The quantitative estimate of drug-likeness (QED) is 0.833. The number of carbonyl (C=O) groups excluding carboxylic acids is 1. The van der Waals surface area contributed by atoms with Gasteiger partial charge < -0.3 is 14.2 Å². The Labute approximate surface area is 119 Å². The molecule has 0 atom stereocenters. The molecule has 0 aromatic carbocycles. The number of piperidine rings is 1. The first-order chi connectivity index (χ1) is 9.39. The summed E-state index contributed by atoms with van der Waals surface area (Å²) in [5, 5.41) is 3.92. The highest BCUT2D eigenvalue weighted by Gasteiger charge is 2.29. The molecule has 0 spiro atoms. The lowest BCUT2D eigenvalue weighted by Gasteiger charge is -2.32. The molecule has 20 heavy (non-hydrogen) atoms. The summed E-state index contributed by atoms with van der Waals surface area (Å²) < 4.78 is 10.7. The van der Waals surface area contributed by atoms with Crippen LogP contribution in [0, 0.1) is 0 Å². The van der Waals surface area contributed by atoms with Gasteiger partial charge in [-0.05, 0) is 33.6 Å². The van der Waals surface area contributed by atoms with Crippen LogP contribution >= 0.6 is 0 Å². The van der Waals surface area contributed by atoms with Gasteiger partial charge in [-0.3, -0.25) is 0 Å². The summed E-state index contributed by atoms with van der Waals surface area (Å²) in [6.07, 6.45) is 2.21. The third kappa shape index (κ3) is 3.71. The first-order valence-corrected chi connectivity index (χ1v) is 7.19. The van der Waals surface area contributed by atoms with Gasteiger partial charge in [0, 0.05) is 25.4 Å². The van der Waals surface area contributed by atoms with Gasteiger partial charge in [0.1, 0.15) is 5.60 Å². The monoisotopic (exact) mass is 281 g/mol. The Balaban J connectivity index is 1.87. The van der Waals surface area contributed by atoms with E-state index in [2.05, 4.69) is 10.1 Å². The predicted molar refractivity (Wildman–Crippen MR) is 73.5 cm³/mol. The highest BCUT2D eigenvalue weighted by atomic mass is 16.6. The number of amides is 1. The zero-order valence-corrected chi connectivity index (χ0v) is 12.7. The topological polar surface area (TPSA) is 68.5 Å². The molecular weight excluding hydrogens is 258 g/mol. The Hall–Kier alpha value is -1.59. The van der Waals surface area contributed by atoms with Crippen LogP contribution in [0.5, 0.6) is 0 Å². The van der Waals surface area contributed by atoms with Crippen LogP contribution in [0.3, 0.4) is 0 Å². The second kappa shape index (κ2) is 5.81. The normalized spacial score (nSPS) is 17.3. The van der Waals surface area contributed by atoms with E-state index >= 15 is 0 Å². The first-order valence-electron chi connectivity index (χ1n) is 7.19. The van der Waals surface area contributed by atoms with Gasteiger partial charge in [0.25, 0.3) is 0 Å². The van der Waals surface area contributed by atoms with Gasteiger partial charge >= 0.3 is 6.09 Å². The Bertz CT molecular complexity index is 456. The number of hydrogen-bond donors (Lipinski definition) is 0. The number of rotatable bonds is 2. The van der Waals surface area contributed by atoms with E-state index in [-0.39, 0.29) is 12.0 Å². The van der Waals surface area contributed by atoms with Crippen molar-refractivity contribution in [3.05, 3.63) is 11.7 Å². The second-order valence-electron chi connectivity index (χ2n) is 6.14. The fourth-order valence-corrected chi connectivity index (χ4v) is 2.21. The third-order valence-electron chi connectivity index (χ3n) is 3.30. The van der Waals surface area contributed by atoms with Crippen molar-refractivity contribution in [2.45, 2.75) is 58.5 Å². The Morgan fingerprint density at radius 1 is 1.40 bits per heavy atom. The van der Waals surface area contributed by atoms with Crippen molar-refractivity contribution in [2.75, 3.05) is 13.1 Å². The van der Waals surface area contributed by atoms with Crippen molar-refractivity contribution in [1.29, 1.82) is 0 Å². The molecule has 1 aromatic heterocycles. The lowest BCUT2D eigenvalue weighted by Crippen LogP contribution is -2.41. The minimum atomic E-state index is -0.448. The molecule has 0 saturated carbocycles. The molecule has 0 bridgehead atoms. The maximum absolute atomic E-state index is 12.0. The standard InChI is InChI=1S/C14H23N3O3/c1-5-11-15-12(20-16-11)10-6-8-17(9-7-10)13(18)19-14(2,3)4/h10H,5-9H2,1-4H3. The maximum atomic E-state index is 12.0. The number of nitrogens with zero attached hydrogens (tertiary/aromatic N) is 3. The van der Waals surface area contributed by atoms with Crippen molar-refractivity contribution in [2.24, 2.45) is 0 Å². The van der Waals surface area contributed by atoms with Gasteiger partial charge in [-0.15, -0.1) is 0 Å². The maximum Gasteiger partial charge on any atom is 0.410 e. The van der Waals surface area contributed by atoms with E-state index in [1.165, 1.54) is 0 Å². The second-order valence-corrected chi connectivity index (χ2v) is 6.14. The van der Waals surface area contributed by atoms with E-state index in [0.717, 1.165) is 25.1 Å². The SMILES string of the molecule is CCc1noc(C2CCN(C(=O)OC(C)(C)C)CC2)n1. The van der Waals surface area contributed by atoms with Crippen LogP contribution in [-0.4, -0.2) is 39.8 Å².